The Morgan fingerprint density at radius 3 is 1.00 bits per heavy atom. The van der Waals surface area contributed by atoms with Gasteiger partial charge in [-0.05, 0) is 0 Å². The molecule has 0 rings (SSSR count). The van der Waals surface area contributed by atoms with Crippen LogP contribution in [0.3, 0.4) is 0 Å². The zero-order chi connectivity index (χ0) is 0. The van der Waals surface area contributed by atoms with E-state index in [0.29, 0.717) is 0 Å². The van der Waals surface area contributed by atoms with Gasteiger partial charge in [-0.3, -0.25) is 0 Å². The number of hydrogen-bond donors (Lipinski definition) is 0. The van der Waals surface area contributed by atoms with Gasteiger partial charge >= 0.3 is 67.4 Å². The van der Waals surface area contributed by atoms with E-state index in [-0.39, 0.29) is 89.1 Å². The van der Waals surface area contributed by atoms with Gasteiger partial charge < -0.3 is 0 Å². The summed E-state index contributed by atoms with van der Waals surface area (Å²) in [5.74, 6) is 0. The second-order valence-corrected chi connectivity index (χ2v) is 0. The molecule has 0 heterocycles. The average molecular weight is 369 g/mol. The van der Waals surface area contributed by atoms with Crippen molar-refractivity contribution in [3.05, 3.63) is 0 Å². The predicted octanol–water partition coefficient (Wildman–Crippen LogP) is -2.48. The fourth-order valence-electron chi connectivity index (χ4n) is 0. The van der Waals surface area contributed by atoms with Crippen molar-refractivity contribution in [2.24, 2.45) is 0 Å². The van der Waals surface area contributed by atoms with Gasteiger partial charge in [0.2, 0.25) is 0 Å². The molecule has 0 aromatic rings. The second-order valence-electron chi connectivity index (χ2n) is 0. The molecule has 0 N–H and O–H groups in total. The van der Waals surface area contributed by atoms with Gasteiger partial charge in [0.1, 0.15) is 0 Å². The molecular formula is H5GaSnTeTi. The minimum Gasteiger partial charge on any atom is 0 e. The van der Waals surface area contributed by atoms with Crippen molar-refractivity contribution < 1.29 is 21.7 Å². The van der Waals surface area contributed by atoms with E-state index in [1.165, 1.54) is 0 Å². The SMILES string of the molecule is [GaH2].[SnH2].[TeH].[Ti]. The van der Waals surface area contributed by atoms with E-state index in [9.17, 15) is 0 Å². The van der Waals surface area contributed by atoms with Crippen molar-refractivity contribution in [2.45, 2.75) is 0 Å². The normalized spacial score (nSPS) is 0. The molecule has 4 heavy (non-hydrogen) atoms. The van der Waals surface area contributed by atoms with E-state index >= 15 is 0 Å². The van der Waals surface area contributed by atoms with Crippen molar-refractivity contribution in [1.29, 1.82) is 0 Å². The van der Waals surface area contributed by atoms with Crippen LogP contribution in [0.4, 0.5) is 0 Å². The average Bonchev–Trinajstić information content (AvgIpc) is 0. The molecule has 0 fully saturated rings. The van der Waals surface area contributed by atoms with Gasteiger partial charge in [0.25, 0.3) is 0 Å². The molecule has 0 aliphatic rings. The Balaban J connectivity index is 0. The third kappa shape index (κ3) is 8.87. The van der Waals surface area contributed by atoms with Crippen LogP contribution in [0.2, 0.25) is 0 Å². The topological polar surface area (TPSA) is 0 Å². The summed E-state index contributed by atoms with van der Waals surface area (Å²) in [6.07, 6.45) is 0. The van der Waals surface area contributed by atoms with Crippen LogP contribution in [-0.4, -0.2) is 67.4 Å². The molecule has 0 aromatic heterocycles. The maximum atomic E-state index is 0. The number of hydrogen-bond acceptors (Lipinski definition) is 0. The zero-order valence-electron chi connectivity index (χ0n) is 2.65. The Bertz CT molecular complexity index is 8.00. The van der Waals surface area contributed by atoms with E-state index in [4.69, 9.17) is 0 Å². The van der Waals surface area contributed by atoms with Crippen molar-refractivity contribution >= 4 is 67.4 Å². The van der Waals surface area contributed by atoms with Gasteiger partial charge in [-0.1, -0.05) is 0 Å². The molecule has 22 valence electrons. The molecule has 0 aliphatic heterocycles. The van der Waals surface area contributed by atoms with Crippen LogP contribution in [0.15, 0.2) is 0 Å². The maximum absolute atomic E-state index is 0. The van der Waals surface area contributed by atoms with Crippen LogP contribution in [0.1, 0.15) is 0 Å². The fraction of sp³-hybridized carbons (Fsp3) is 0. The first-order valence-corrected chi connectivity index (χ1v) is 0. The van der Waals surface area contributed by atoms with Crippen molar-refractivity contribution in [3.63, 3.8) is 0 Å². The monoisotopic (exact) mass is 372 g/mol. The van der Waals surface area contributed by atoms with Crippen molar-refractivity contribution in [2.75, 3.05) is 0 Å². The molecule has 0 bridgehead atoms. The summed E-state index contributed by atoms with van der Waals surface area (Å²) >= 11 is 0. The quantitative estimate of drug-likeness (QED) is 0.415. The van der Waals surface area contributed by atoms with Crippen LogP contribution in [0.25, 0.3) is 0 Å². The molecule has 0 spiro atoms. The molecule has 0 saturated heterocycles. The molecule has 0 nitrogen and oxygen atoms in total. The van der Waals surface area contributed by atoms with Gasteiger partial charge in [0.15, 0.2) is 0 Å². The summed E-state index contributed by atoms with van der Waals surface area (Å²) in [6.45, 7) is 0. The van der Waals surface area contributed by atoms with E-state index in [0.717, 1.165) is 0 Å². The predicted molar refractivity (Wildman–Crippen MR) is 24.2 cm³/mol. The summed E-state index contributed by atoms with van der Waals surface area (Å²) < 4.78 is 0. The van der Waals surface area contributed by atoms with Gasteiger partial charge in [-0.2, -0.15) is 0 Å². The van der Waals surface area contributed by atoms with Gasteiger partial charge in [0, 0.05) is 21.7 Å². The molecule has 4 radical (unpaired) electrons. The van der Waals surface area contributed by atoms with Gasteiger partial charge in [0.05, 0.1) is 0 Å². The molecule has 4 heteroatoms. The fourth-order valence-corrected chi connectivity index (χ4v) is 0. The van der Waals surface area contributed by atoms with E-state index < -0.39 is 0 Å². The Hall–Kier alpha value is 2.94. The molecule has 0 saturated carbocycles. The minimum absolute atomic E-state index is 0. The Morgan fingerprint density at radius 1 is 1.00 bits per heavy atom. The molecule has 0 aromatic carbocycles. The van der Waals surface area contributed by atoms with E-state index in [2.05, 4.69) is 0 Å². The minimum atomic E-state index is 0. The summed E-state index contributed by atoms with van der Waals surface area (Å²) in [6, 6.07) is 0. The Morgan fingerprint density at radius 2 is 1.00 bits per heavy atom. The van der Waals surface area contributed by atoms with Crippen molar-refractivity contribution in [3.8, 4) is 0 Å². The van der Waals surface area contributed by atoms with Gasteiger partial charge in [-0.25, -0.2) is 0 Å². The van der Waals surface area contributed by atoms with Crippen LogP contribution >= 0.6 is 0 Å². The standard InChI is InChI=1S/Ga.Sn.HTe.Ti.4H/h;;1H;;;;;. The van der Waals surface area contributed by atoms with Crippen molar-refractivity contribution in [1.82, 2.24) is 0 Å². The first-order chi connectivity index (χ1) is 0. The summed E-state index contributed by atoms with van der Waals surface area (Å²) in [4.78, 5) is 0. The Kier molecular flexibility index (Phi) is 119. The summed E-state index contributed by atoms with van der Waals surface area (Å²) in [7, 11) is 0. The third-order valence-electron chi connectivity index (χ3n) is 0. The zero-order valence-corrected chi connectivity index (χ0v) is 15.0. The first kappa shape index (κ1) is 28.3. The summed E-state index contributed by atoms with van der Waals surface area (Å²) in [5.41, 5.74) is 0. The van der Waals surface area contributed by atoms with Crippen LogP contribution in [0, 0.1) is 0 Å². The third-order valence-corrected chi connectivity index (χ3v) is 0. The Labute approximate surface area is 87.5 Å². The van der Waals surface area contributed by atoms with Crippen LogP contribution in [-0.2, 0) is 21.7 Å². The van der Waals surface area contributed by atoms with Crippen LogP contribution in [0.5, 0.6) is 0 Å². The smallest absolute Gasteiger partial charge is 0 e. The number of rotatable bonds is 0. The summed E-state index contributed by atoms with van der Waals surface area (Å²) in [5, 5.41) is 0. The first-order valence-electron chi connectivity index (χ1n) is 0. The maximum Gasteiger partial charge on any atom is 0 e. The van der Waals surface area contributed by atoms with E-state index in [1.807, 2.05) is 0 Å². The molecule has 0 atom stereocenters. The molecule has 0 aliphatic carbocycles. The second kappa shape index (κ2) is 16.8. The van der Waals surface area contributed by atoms with Gasteiger partial charge in [-0.15, -0.1) is 0 Å². The van der Waals surface area contributed by atoms with E-state index in [1.54, 1.807) is 0 Å². The molecule has 0 unspecified atom stereocenters. The largest absolute Gasteiger partial charge is 0 e. The molecular weight excluding hydrogens is 364 g/mol. The van der Waals surface area contributed by atoms with Crippen LogP contribution < -0.4 is 0 Å². The molecule has 0 amide bonds.